The maximum atomic E-state index is 12.5. The lowest BCUT2D eigenvalue weighted by Crippen LogP contribution is -3.12. The summed E-state index contributed by atoms with van der Waals surface area (Å²) in [4.78, 5) is 13.8. The van der Waals surface area contributed by atoms with Gasteiger partial charge in [0.25, 0.3) is 0 Å². The third kappa shape index (κ3) is 4.26. The number of quaternary nitrogens is 1. The highest BCUT2D eigenvalue weighted by atomic mass is 16.6. The molecule has 0 saturated carbocycles. The number of esters is 1. The number of allylic oxidation sites excluding steroid dienone is 1. The van der Waals surface area contributed by atoms with E-state index in [2.05, 4.69) is 20.4 Å². The van der Waals surface area contributed by atoms with Gasteiger partial charge >= 0.3 is 5.97 Å². The number of hydrogen-bond donors (Lipinski definition) is 3. The zero-order valence-electron chi connectivity index (χ0n) is 15.1. The van der Waals surface area contributed by atoms with Crippen LogP contribution in [-0.4, -0.2) is 54.1 Å². The fourth-order valence-corrected chi connectivity index (χ4v) is 3.89. The van der Waals surface area contributed by atoms with Gasteiger partial charge in [-0.05, 0) is 39.2 Å². The van der Waals surface area contributed by atoms with Crippen molar-refractivity contribution in [2.45, 2.75) is 58.3 Å². The summed E-state index contributed by atoms with van der Waals surface area (Å²) >= 11 is 0. The van der Waals surface area contributed by atoms with E-state index in [-0.39, 0.29) is 17.8 Å². The smallest absolute Gasteiger partial charge is 0.315 e. The SMILES string of the molecule is C=C1C[C@H]2OC(=O)[C@H](C[NH+](CC)CC)[C@@H]2[C@@H](O)/C=C(\C)CC[C@H]1O. The van der Waals surface area contributed by atoms with Crippen LogP contribution in [0.2, 0.25) is 0 Å². The second-order valence-electron chi connectivity index (χ2n) is 7.24. The topological polar surface area (TPSA) is 71.2 Å². The van der Waals surface area contributed by atoms with Crippen LogP contribution in [0.3, 0.4) is 0 Å². The molecule has 0 radical (unpaired) electrons. The van der Waals surface area contributed by atoms with Gasteiger partial charge in [0.15, 0.2) is 0 Å². The molecule has 5 heteroatoms. The van der Waals surface area contributed by atoms with Crippen LogP contribution in [-0.2, 0) is 9.53 Å². The second-order valence-corrected chi connectivity index (χ2v) is 7.24. The average Bonchev–Trinajstić information content (AvgIpc) is 2.84. The van der Waals surface area contributed by atoms with E-state index in [4.69, 9.17) is 4.74 Å². The van der Waals surface area contributed by atoms with Crippen molar-refractivity contribution in [1.29, 1.82) is 0 Å². The second kappa shape index (κ2) is 8.28. The Morgan fingerprint density at radius 1 is 1.33 bits per heavy atom. The zero-order chi connectivity index (χ0) is 17.9. The van der Waals surface area contributed by atoms with Crippen LogP contribution in [0.25, 0.3) is 0 Å². The Morgan fingerprint density at radius 2 is 2.00 bits per heavy atom. The molecule has 1 heterocycles. The Labute approximate surface area is 145 Å². The maximum absolute atomic E-state index is 12.5. The summed E-state index contributed by atoms with van der Waals surface area (Å²) in [6.45, 7) is 12.7. The quantitative estimate of drug-likeness (QED) is 0.515. The van der Waals surface area contributed by atoms with Gasteiger partial charge in [-0.15, -0.1) is 0 Å². The predicted octanol–water partition coefficient (Wildman–Crippen LogP) is 0.477. The molecule has 0 amide bonds. The van der Waals surface area contributed by atoms with Crippen molar-refractivity contribution in [3.05, 3.63) is 23.8 Å². The number of carbonyl (C=O) groups excluding carboxylic acids is 1. The van der Waals surface area contributed by atoms with E-state index in [9.17, 15) is 15.0 Å². The van der Waals surface area contributed by atoms with Crippen molar-refractivity contribution < 1.29 is 24.6 Å². The summed E-state index contributed by atoms with van der Waals surface area (Å²) in [6, 6.07) is 0. The number of aliphatic hydroxyl groups excluding tert-OH is 2. The first-order valence-electron chi connectivity index (χ1n) is 9.12. The Kier molecular flexibility index (Phi) is 6.61. The summed E-state index contributed by atoms with van der Waals surface area (Å²) in [5.74, 6) is -0.813. The Balaban J connectivity index is 2.29. The summed E-state index contributed by atoms with van der Waals surface area (Å²) < 4.78 is 5.61. The molecule has 5 nitrogen and oxygen atoms in total. The van der Waals surface area contributed by atoms with Crippen LogP contribution in [0.4, 0.5) is 0 Å². The van der Waals surface area contributed by atoms with Crippen molar-refractivity contribution in [2.24, 2.45) is 11.8 Å². The van der Waals surface area contributed by atoms with Gasteiger partial charge < -0.3 is 19.8 Å². The molecule has 24 heavy (non-hydrogen) atoms. The minimum atomic E-state index is -0.704. The molecule has 2 aliphatic rings. The number of fused-ring (bicyclic) bond motifs is 1. The minimum Gasteiger partial charge on any atom is -0.461 e. The highest BCUT2D eigenvalue weighted by Gasteiger charge is 2.49. The number of aliphatic hydroxyl groups is 2. The fourth-order valence-electron chi connectivity index (χ4n) is 3.89. The normalized spacial score (nSPS) is 36.9. The van der Waals surface area contributed by atoms with E-state index in [0.29, 0.717) is 25.0 Å². The van der Waals surface area contributed by atoms with Gasteiger partial charge in [0.05, 0.1) is 31.8 Å². The molecule has 0 unspecified atom stereocenters. The molecular weight excluding hydrogens is 306 g/mol. The molecule has 0 aromatic heterocycles. The molecule has 1 saturated heterocycles. The van der Waals surface area contributed by atoms with Crippen LogP contribution < -0.4 is 4.90 Å². The molecule has 136 valence electrons. The van der Waals surface area contributed by atoms with Gasteiger partial charge in [0.2, 0.25) is 0 Å². The molecule has 0 spiro atoms. The van der Waals surface area contributed by atoms with Crippen LogP contribution in [0.15, 0.2) is 23.8 Å². The molecule has 0 aromatic rings. The monoisotopic (exact) mass is 338 g/mol. The lowest BCUT2D eigenvalue weighted by atomic mass is 9.80. The summed E-state index contributed by atoms with van der Waals surface area (Å²) in [6.07, 6.45) is 1.87. The molecular formula is C19H32NO4+. The standard InChI is InChI=1S/C19H31NO4/c1-5-20(6-2)11-14-18-16(22)9-12(3)7-8-15(21)13(4)10-17(18)24-19(14)23/h9,14-18,21-22H,4-8,10-11H2,1-3H3/p+1/b12-9+/t14-,15-,16+,17-,18-/m1/s1. The summed E-state index contributed by atoms with van der Waals surface area (Å²) in [7, 11) is 0. The molecule has 3 N–H and O–H groups in total. The van der Waals surface area contributed by atoms with Crippen LogP contribution in [0.1, 0.15) is 40.0 Å². The van der Waals surface area contributed by atoms with Crippen molar-refractivity contribution in [1.82, 2.24) is 0 Å². The minimum absolute atomic E-state index is 0.226. The number of carbonyl (C=O) groups is 1. The number of rotatable bonds is 4. The lowest BCUT2D eigenvalue weighted by molar-refractivity contribution is -0.899. The van der Waals surface area contributed by atoms with E-state index in [0.717, 1.165) is 25.1 Å². The van der Waals surface area contributed by atoms with Crippen LogP contribution in [0, 0.1) is 11.8 Å². The maximum Gasteiger partial charge on any atom is 0.315 e. The van der Waals surface area contributed by atoms with Crippen molar-refractivity contribution in [2.75, 3.05) is 19.6 Å². The van der Waals surface area contributed by atoms with Crippen molar-refractivity contribution in [3.63, 3.8) is 0 Å². The fraction of sp³-hybridized carbons (Fsp3) is 0.737. The number of ether oxygens (including phenoxy) is 1. The van der Waals surface area contributed by atoms with Crippen molar-refractivity contribution in [3.8, 4) is 0 Å². The number of nitrogens with one attached hydrogen (secondary N) is 1. The molecule has 0 bridgehead atoms. The van der Waals surface area contributed by atoms with Gasteiger partial charge in [-0.25, -0.2) is 0 Å². The van der Waals surface area contributed by atoms with Gasteiger partial charge in [0, 0.05) is 12.3 Å². The molecule has 1 fully saturated rings. The van der Waals surface area contributed by atoms with Crippen molar-refractivity contribution >= 4 is 5.97 Å². The van der Waals surface area contributed by atoms with Crippen LogP contribution >= 0.6 is 0 Å². The van der Waals surface area contributed by atoms with E-state index in [1.165, 1.54) is 4.90 Å². The largest absolute Gasteiger partial charge is 0.461 e. The van der Waals surface area contributed by atoms with E-state index >= 15 is 0 Å². The molecule has 5 atom stereocenters. The Morgan fingerprint density at radius 3 is 2.62 bits per heavy atom. The third-order valence-electron chi connectivity index (χ3n) is 5.57. The van der Waals surface area contributed by atoms with E-state index < -0.39 is 18.3 Å². The molecule has 1 aliphatic carbocycles. The Bertz CT molecular complexity index is 498. The molecule has 1 aliphatic heterocycles. The first-order chi connectivity index (χ1) is 11.4. The highest BCUT2D eigenvalue weighted by Crippen LogP contribution is 2.36. The average molecular weight is 338 g/mol. The molecule has 2 rings (SSSR count). The highest BCUT2D eigenvalue weighted by molar-refractivity contribution is 5.75. The zero-order valence-corrected chi connectivity index (χ0v) is 15.1. The number of hydrogen-bond acceptors (Lipinski definition) is 4. The van der Waals surface area contributed by atoms with E-state index in [1.54, 1.807) is 0 Å². The van der Waals surface area contributed by atoms with Gasteiger partial charge in [-0.3, -0.25) is 4.79 Å². The third-order valence-corrected chi connectivity index (χ3v) is 5.57. The lowest BCUT2D eigenvalue weighted by Gasteiger charge is -2.28. The summed E-state index contributed by atoms with van der Waals surface area (Å²) in [5.41, 5.74) is 1.72. The van der Waals surface area contributed by atoms with Gasteiger partial charge in [-0.1, -0.05) is 18.2 Å². The summed E-state index contributed by atoms with van der Waals surface area (Å²) in [5, 5.41) is 21.0. The first-order valence-corrected chi connectivity index (χ1v) is 9.12. The first kappa shape index (κ1) is 19.2. The van der Waals surface area contributed by atoms with E-state index in [1.807, 2.05) is 13.0 Å². The Hall–Kier alpha value is -1.17. The van der Waals surface area contributed by atoms with Gasteiger partial charge in [-0.2, -0.15) is 0 Å². The van der Waals surface area contributed by atoms with Crippen LogP contribution in [0.5, 0.6) is 0 Å². The predicted molar refractivity (Wildman–Crippen MR) is 92.5 cm³/mol. The van der Waals surface area contributed by atoms with Gasteiger partial charge in [0.1, 0.15) is 12.0 Å². The molecule has 0 aromatic carbocycles.